The highest BCUT2D eigenvalue weighted by Gasteiger charge is 2.33. The number of benzene rings is 2. The number of nitrogens with one attached hydrogen (secondary N) is 1. The molecule has 164 valence electrons. The van der Waals surface area contributed by atoms with Crippen LogP contribution in [0.4, 0.5) is 10.1 Å². The molecule has 3 heterocycles. The molecule has 0 bridgehead atoms. The number of anilines is 1. The molecule has 8 heteroatoms. The van der Waals surface area contributed by atoms with E-state index in [4.69, 9.17) is 5.73 Å². The van der Waals surface area contributed by atoms with Gasteiger partial charge in [-0.1, -0.05) is 11.6 Å². The summed E-state index contributed by atoms with van der Waals surface area (Å²) in [7, 11) is 1.99. The fourth-order valence-corrected chi connectivity index (χ4v) is 4.49. The van der Waals surface area contributed by atoms with Gasteiger partial charge in [0, 0.05) is 47.8 Å². The molecule has 0 radical (unpaired) electrons. The second-order valence-electron chi connectivity index (χ2n) is 8.20. The van der Waals surface area contributed by atoms with Gasteiger partial charge < -0.3 is 14.9 Å². The minimum Gasteiger partial charge on any atom is -0.350 e. The van der Waals surface area contributed by atoms with Gasteiger partial charge in [0.1, 0.15) is 5.82 Å². The summed E-state index contributed by atoms with van der Waals surface area (Å²) in [5, 5.41) is 6.30. The molecule has 1 aliphatic rings. The van der Waals surface area contributed by atoms with Crippen LogP contribution in [-0.2, 0) is 18.4 Å². The number of halogens is 1. The lowest BCUT2D eigenvalue weighted by atomic mass is 10.1. The molecule has 3 N–H and O–H groups in total. The number of hydrogen-bond acceptors (Lipinski definition) is 5. The van der Waals surface area contributed by atoms with E-state index in [1.807, 2.05) is 35.8 Å². The molecule has 0 saturated carbocycles. The molecule has 1 atom stereocenters. The fourth-order valence-electron chi connectivity index (χ4n) is 4.49. The molecule has 2 aromatic carbocycles. The summed E-state index contributed by atoms with van der Waals surface area (Å²) in [6.45, 7) is 3.30. The van der Waals surface area contributed by atoms with Crippen molar-refractivity contribution in [3.63, 3.8) is 0 Å². The summed E-state index contributed by atoms with van der Waals surface area (Å²) in [5.74, 6) is 0.296. The van der Waals surface area contributed by atoms with Crippen LogP contribution in [0.5, 0.6) is 0 Å². The zero-order chi connectivity index (χ0) is 22.4. The minimum absolute atomic E-state index is 0.329. The van der Waals surface area contributed by atoms with Crippen LogP contribution in [0.1, 0.15) is 17.5 Å². The summed E-state index contributed by atoms with van der Waals surface area (Å²) in [6.07, 6.45) is 4.88. The van der Waals surface area contributed by atoms with Crippen molar-refractivity contribution in [3.8, 4) is 0 Å². The number of aryl methyl sites for hydroxylation is 3. The number of fused-ring (bicyclic) bond motifs is 2. The Balaban J connectivity index is 1.71. The van der Waals surface area contributed by atoms with Crippen molar-refractivity contribution in [2.24, 2.45) is 17.9 Å². The van der Waals surface area contributed by atoms with E-state index in [1.54, 1.807) is 6.07 Å². The topological polar surface area (TPSA) is 80.6 Å². The Kier molecular flexibility index (Phi) is 4.94. The molecule has 1 aliphatic heterocycles. The minimum atomic E-state index is -0.693. The number of hydrazone groups is 1. The van der Waals surface area contributed by atoms with Crippen LogP contribution in [0.15, 0.2) is 53.9 Å². The molecule has 4 aromatic rings. The standard InChI is InChI=1S/C24H25FN6O/c1-15-4-6-20-17(10-15)19(12-29(20)2)24-28-27-23(14-32)31(24)22-13-30(9-3-8-26)21-7-5-16(25)11-18(21)22/h4-7,10-14,23,27H,3,8-9,26H2,1-2H3. The highest BCUT2D eigenvalue weighted by molar-refractivity contribution is 6.21. The predicted molar refractivity (Wildman–Crippen MR) is 125 cm³/mol. The van der Waals surface area contributed by atoms with Crippen molar-refractivity contribution in [2.45, 2.75) is 26.1 Å². The van der Waals surface area contributed by atoms with Gasteiger partial charge in [0.05, 0.1) is 11.2 Å². The third-order valence-corrected chi connectivity index (χ3v) is 6.01. The van der Waals surface area contributed by atoms with Crippen molar-refractivity contribution in [1.29, 1.82) is 0 Å². The lowest BCUT2D eigenvalue weighted by molar-refractivity contribution is -0.109. The summed E-state index contributed by atoms with van der Waals surface area (Å²) in [4.78, 5) is 13.8. The number of carbonyl (C=O) groups is 1. The van der Waals surface area contributed by atoms with E-state index in [9.17, 15) is 9.18 Å². The quantitative estimate of drug-likeness (QED) is 0.459. The first-order valence-corrected chi connectivity index (χ1v) is 10.6. The van der Waals surface area contributed by atoms with E-state index >= 15 is 0 Å². The lowest BCUT2D eigenvalue weighted by Gasteiger charge is -2.23. The third kappa shape index (κ3) is 3.15. The number of amidine groups is 1. The molecule has 0 spiro atoms. The van der Waals surface area contributed by atoms with E-state index in [0.717, 1.165) is 51.3 Å². The molecular formula is C24H25FN6O. The average Bonchev–Trinajstić information content (AvgIpc) is 3.45. The van der Waals surface area contributed by atoms with E-state index in [2.05, 4.69) is 33.3 Å². The largest absolute Gasteiger partial charge is 0.350 e. The molecule has 1 unspecified atom stereocenters. The summed E-state index contributed by atoms with van der Waals surface area (Å²) in [6, 6.07) is 11.0. The van der Waals surface area contributed by atoms with Gasteiger partial charge in [-0.25, -0.2) is 4.39 Å². The molecule has 2 aromatic heterocycles. The summed E-state index contributed by atoms with van der Waals surface area (Å²) >= 11 is 0. The Morgan fingerprint density at radius 3 is 2.75 bits per heavy atom. The van der Waals surface area contributed by atoms with Gasteiger partial charge in [0.25, 0.3) is 0 Å². The predicted octanol–water partition coefficient (Wildman–Crippen LogP) is 3.23. The maximum atomic E-state index is 14.3. The summed E-state index contributed by atoms with van der Waals surface area (Å²) in [5.41, 5.74) is 13.4. The number of aromatic nitrogens is 2. The van der Waals surface area contributed by atoms with Crippen LogP contribution >= 0.6 is 0 Å². The Morgan fingerprint density at radius 1 is 1.16 bits per heavy atom. The van der Waals surface area contributed by atoms with Crippen LogP contribution in [0, 0.1) is 12.7 Å². The molecule has 7 nitrogen and oxygen atoms in total. The van der Waals surface area contributed by atoms with Crippen molar-refractivity contribution in [2.75, 3.05) is 11.4 Å². The normalized spacial score (nSPS) is 16.1. The van der Waals surface area contributed by atoms with Gasteiger partial charge in [0.15, 0.2) is 18.3 Å². The Bertz CT molecular complexity index is 1370. The first-order chi connectivity index (χ1) is 15.5. The fraction of sp³-hybridized carbons (Fsp3) is 0.250. The zero-order valence-electron chi connectivity index (χ0n) is 18.0. The van der Waals surface area contributed by atoms with Gasteiger partial charge in [-0.2, -0.15) is 5.10 Å². The van der Waals surface area contributed by atoms with Gasteiger partial charge >= 0.3 is 0 Å². The second kappa shape index (κ2) is 7.80. The van der Waals surface area contributed by atoms with E-state index in [1.165, 1.54) is 12.1 Å². The van der Waals surface area contributed by atoms with E-state index in [-0.39, 0.29) is 5.82 Å². The number of carbonyl (C=O) groups excluding carboxylic acids is 1. The molecule has 5 rings (SSSR count). The van der Waals surface area contributed by atoms with Crippen molar-refractivity contribution in [3.05, 3.63) is 65.7 Å². The third-order valence-electron chi connectivity index (χ3n) is 6.01. The lowest BCUT2D eigenvalue weighted by Crippen LogP contribution is -2.41. The highest BCUT2D eigenvalue weighted by Crippen LogP contribution is 2.35. The Morgan fingerprint density at radius 2 is 1.97 bits per heavy atom. The molecular weight excluding hydrogens is 407 g/mol. The van der Waals surface area contributed by atoms with Crippen LogP contribution in [-0.4, -0.2) is 34.0 Å². The van der Waals surface area contributed by atoms with Crippen LogP contribution < -0.4 is 16.1 Å². The van der Waals surface area contributed by atoms with Gasteiger partial charge in [-0.05, 0) is 50.2 Å². The molecule has 0 fully saturated rings. The molecule has 0 saturated heterocycles. The number of nitrogens with zero attached hydrogens (tertiary/aromatic N) is 4. The Labute approximate surface area is 184 Å². The van der Waals surface area contributed by atoms with Crippen LogP contribution in [0.2, 0.25) is 0 Å². The monoisotopic (exact) mass is 432 g/mol. The first kappa shape index (κ1) is 20.3. The number of rotatable bonds is 6. The number of hydrogen-bond donors (Lipinski definition) is 2. The van der Waals surface area contributed by atoms with E-state index in [0.29, 0.717) is 18.9 Å². The van der Waals surface area contributed by atoms with Crippen molar-refractivity contribution in [1.82, 2.24) is 14.6 Å². The maximum Gasteiger partial charge on any atom is 0.177 e. The average molecular weight is 433 g/mol. The Hall–Kier alpha value is -3.65. The highest BCUT2D eigenvalue weighted by atomic mass is 19.1. The number of nitrogens with two attached hydrogens (primary N) is 1. The second-order valence-corrected chi connectivity index (χ2v) is 8.20. The first-order valence-electron chi connectivity index (χ1n) is 10.6. The van der Waals surface area contributed by atoms with Crippen molar-refractivity contribution >= 4 is 39.6 Å². The van der Waals surface area contributed by atoms with Crippen LogP contribution in [0.3, 0.4) is 0 Å². The van der Waals surface area contributed by atoms with Gasteiger partial charge in [-0.15, -0.1) is 0 Å². The van der Waals surface area contributed by atoms with Gasteiger partial charge in [-0.3, -0.25) is 15.1 Å². The molecule has 0 aliphatic carbocycles. The smallest absolute Gasteiger partial charge is 0.177 e. The van der Waals surface area contributed by atoms with Gasteiger partial charge in [0.2, 0.25) is 0 Å². The van der Waals surface area contributed by atoms with Crippen molar-refractivity contribution < 1.29 is 9.18 Å². The SMILES string of the molecule is Cc1ccc2c(c1)c(C1=NNC(C=O)N1c1cn(CCCN)c3ccc(F)cc13)cn2C. The zero-order valence-corrected chi connectivity index (χ0v) is 18.0. The summed E-state index contributed by atoms with van der Waals surface area (Å²) < 4.78 is 18.4. The van der Waals surface area contributed by atoms with Crippen LogP contribution in [0.25, 0.3) is 21.8 Å². The molecule has 32 heavy (non-hydrogen) atoms. The molecule has 0 amide bonds. The maximum absolute atomic E-state index is 14.3. The number of aldehydes is 1. The van der Waals surface area contributed by atoms with E-state index < -0.39 is 6.17 Å².